The lowest BCUT2D eigenvalue weighted by atomic mass is 10.2. The van der Waals surface area contributed by atoms with Crippen LogP contribution in [0.1, 0.15) is 10.4 Å². The smallest absolute Gasteiger partial charge is 0.398 e. The number of thioether (sulfide) groups is 1. The Hall–Kier alpha value is -0.890. The van der Waals surface area contributed by atoms with Crippen LogP contribution in [0.25, 0.3) is 0 Å². The number of nitrogens with one attached hydrogen (secondary N) is 1. The Bertz CT molecular complexity index is 440. The van der Waals surface area contributed by atoms with Crippen molar-refractivity contribution in [2.24, 2.45) is 0 Å². The second-order valence-electron chi connectivity index (χ2n) is 3.28. The topological polar surface area (TPSA) is 55.1 Å². The number of carbonyl (C=O) groups excluding carboxylic acids is 1. The average Bonchev–Trinajstić information content (AvgIpc) is 2.26. The highest BCUT2D eigenvalue weighted by Crippen LogP contribution is 2.29. The summed E-state index contributed by atoms with van der Waals surface area (Å²) in [4.78, 5) is 11.6. The molecule has 8 heteroatoms. The van der Waals surface area contributed by atoms with Crippen molar-refractivity contribution in [3.05, 3.63) is 28.2 Å². The zero-order valence-corrected chi connectivity index (χ0v) is 11.5. The van der Waals surface area contributed by atoms with Crippen molar-refractivity contribution in [3.63, 3.8) is 0 Å². The van der Waals surface area contributed by atoms with Gasteiger partial charge in [0.1, 0.15) is 0 Å². The maximum absolute atomic E-state index is 11.8. The molecule has 0 unspecified atom stereocenters. The molecule has 0 aliphatic rings. The molecule has 18 heavy (non-hydrogen) atoms. The molecule has 100 valence electrons. The van der Waals surface area contributed by atoms with Gasteiger partial charge in [-0.25, -0.2) is 0 Å². The van der Waals surface area contributed by atoms with Crippen molar-refractivity contribution in [3.8, 4) is 0 Å². The first kappa shape index (κ1) is 15.2. The van der Waals surface area contributed by atoms with E-state index in [2.05, 4.69) is 21.2 Å². The molecule has 1 aromatic rings. The van der Waals surface area contributed by atoms with E-state index < -0.39 is 11.4 Å². The van der Waals surface area contributed by atoms with E-state index in [1.807, 2.05) is 0 Å². The lowest BCUT2D eigenvalue weighted by Crippen LogP contribution is -2.27. The Morgan fingerprint density at radius 2 is 2.11 bits per heavy atom. The van der Waals surface area contributed by atoms with E-state index in [1.54, 1.807) is 12.1 Å². The third-order valence-electron chi connectivity index (χ3n) is 1.91. The molecule has 0 saturated carbocycles. The molecule has 0 spiro atoms. The number of benzene rings is 1. The van der Waals surface area contributed by atoms with Gasteiger partial charge in [0.15, 0.2) is 0 Å². The van der Waals surface area contributed by atoms with Crippen LogP contribution in [-0.2, 0) is 0 Å². The summed E-state index contributed by atoms with van der Waals surface area (Å²) < 4.78 is 36.2. The minimum Gasteiger partial charge on any atom is -0.398 e. The summed E-state index contributed by atoms with van der Waals surface area (Å²) >= 11 is 3.01. The molecule has 0 bridgehead atoms. The molecule has 1 rings (SSSR count). The molecular formula is C10H10BrF3N2OS. The molecule has 0 saturated heterocycles. The van der Waals surface area contributed by atoms with Crippen LogP contribution in [0.2, 0.25) is 0 Å². The summed E-state index contributed by atoms with van der Waals surface area (Å²) in [7, 11) is 0. The zero-order valence-electron chi connectivity index (χ0n) is 9.05. The van der Waals surface area contributed by atoms with E-state index in [0.29, 0.717) is 4.47 Å². The summed E-state index contributed by atoms with van der Waals surface area (Å²) in [5.74, 6) is -0.722. The van der Waals surface area contributed by atoms with Gasteiger partial charge in [-0.2, -0.15) is 13.2 Å². The number of rotatable bonds is 4. The third-order valence-corrected chi connectivity index (χ3v) is 3.14. The monoisotopic (exact) mass is 342 g/mol. The predicted molar refractivity (Wildman–Crippen MR) is 69.4 cm³/mol. The molecule has 0 radical (unpaired) electrons. The highest BCUT2D eigenvalue weighted by atomic mass is 79.9. The quantitative estimate of drug-likeness (QED) is 0.653. The highest BCUT2D eigenvalue weighted by molar-refractivity contribution is 9.10. The lowest BCUT2D eigenvalue weighted by molar-refractivity contribution is -0.0327. The van der Waals surface area contributed by atoms with Crippen molar-refractivity contribution in [2.45, 2.75) is 5.51 Å². The Morgan fingerprint density at radius 3 is 2.72 bits per heavy atom. The number of nitrogen functional groups attached to an aromatic ring is 1. The van der Waals surface area contributed by atoms with E-state index in [9.17, 15) is 18.0 Å². The first-order chi connectivity index (χ1) is 8.29. The van der Waals surface area contributed by atoms with Crippen molar-refractivity contribution < 1.29 is 18.0 Å². The molecule has 0 heterocycles. The van der Waals surface area contributed by atoms with Crippen molar-refractivity contribution in [2.75, 3.05) is 18.0 Å². The van der Waals surface area contributed by atoms with Crippen molar-refractivity contribution in [1.29, 1.82) is 0 Å². The number of hydrogen-bond acceptors (Lipinski definition) is 3. The van der Waals surface area contributed by atoms with Gasteiger partial charge in [0, 0.05) is 22.5 Å². The van der Waals surface area contributed by atoms with Crippen molar-refractivity contribution in [1.82, 2.24) is 5.32 Å². The van der Waals surface area contributed by atoms with Gasteiger partial charge in [-0.15, -0.1) is 0 Å². The number of carbonyl (C=O) groups is 1. The van der Waals surface area contributed by atoms with Gasteiger partial charge in [-0.1, -0.05) is 15.9 Å². The second-order valence-corrected chi connectivity index (χ2v) is 5.36. The standard InChI is InChI=1S/C10H10BrF3N2OS/c11-6-1-2-8(15)7(5-6)9(17)16-3-4-18-10(12,13)14/h1-2,5H,3-4,15H2,(H,16,17). The van der Waals surface area contributed by atoms with Gasteiger partial charge in [-0.05, 0) is 30.0 Å². The SMILES string of the molecule is Nc1ccc(Br)cc1C(=O)NCCSC(F)(F)F. The molecular weight excluding hydrogens is 333 g/mol. The van der Waals surface area contributed by atoms with Crippen molar-refractivity contribution >= 4 is 39.3 Å². The Morgan fingerprint density at radius 1 is 1.44 bits per heavy atom. The number of amides is 1. The third kappa shape index (κ3) is 5.18. The Balaban J connectivity index is 2.48. The van der Waals surface area contributed by atoms with Crippen LogP contribution < -0.4 is 11.1 Å². The van der Waals surface area contributed by atoms with Gasteiger partial charge < -0.3 is 11.1 Å². The van der Waals surface area contributed by atoms with Gasteiger partial charge in [0.05, 0.1) is 5.56 Å². The van der Waals surface area contributed by atoms with E-state index >= 15 is 0 Å². The van der Waals surface area contributed by atoms with Crippen LogP contribution in [0.4, 0.5) is 18.9 Å². The minimum absolute atomic E-state index is 0.0744. The van der Waals surface area contributed by atoms with Gasteiger partial charge in [0.2, 0.25) is 0 Å². The normalized spacial score (nSPS) is 11.3. The average molecular weight is 343 g/mol. The number of nitrogens with two attached hydrogens (primary N) is 1. The Kier molecular flexibility index (Phi) is 5.33. The molecule has 1 aromatic carbocycles. The summed E-state index contributed by atoms with van der Waals surface area (Å²) in [6.45, 7) is -0.0744. The van der Waals surface area contributed by atoms with Gasteiger partial charge >= 0.3 is 5.51 Å². The fraction of sp³-hybridized carbons (Fsp3) is 0.300. The maximum Gasteiger partial charge on any atom is 0.441 e. The number of hydrogen-bond donors (Lipinski definition) is 2. The largest absolute Gasteiger partial charge is 0.441 e. The van der Waals surface area contributed by atoms with Crippen LogP contribution in [0.15, 0.2) is 22.7 Å². The Labute approximate surface area is 114 Å². The summed E-state index contributed by atoms with van der Waals surface area (Å²) in [5.41, 5.74) is 1.83. The molecule has 0 aliphatic heterocycles. The first-order valence-corrected chi connectivity index (χ1v) is 6.61. The van der Waals surface area contributed by atoms with E-state index in [0.717, 1.165) is 0 Å². The molecule has 0 atom stereocenters. The van der Waals surface area contributed by atoms with Crippen LogP contribution in [0, 0.1) is 0 Å². The number of halogens is 4. The van der Waals surface area contributed by atoms with Crippen LogP contribution in [-0.4, -0.2) is 23.7 Å². The van der Waals surface area contributed by atoms with Gasteiger partial charge in [-0.3, -0.25) is 4.79 Å². The van der Waals surface area contributed by atoms with E-state index in [-0.39, 0.29) is 35.3 Å². The van der Waals surface area contributed by atoms with Crippen LogP contribution in [0.5, 0.6) is 0 Å². The first-order valence-electron chi connectivity index (χ1n) is 4.83. The fourth-order valence-corrected chi connectivity index (χ4v) is 1.95. The molecule has 3 nitrogen and oxygen atoms in total. The second kappa shape index (κ2) is 6.33. The molecule has 0 fully saturated rings. The molecule has 0 aromatic heterocycles. The number of anilines is 1. The highest BCUT2D eigenvalue weighted by Gasteiger charge is 2.27. The van der Waals surface area contributed by atoms with Crippen LogP contribution in [0.3, 0.4) is 0 Å². The van der Waals surface area contributed by atoms with E-state index in [1.165, 1.54) is 6.07 Å². The number of alkyl halides is 3. The predicted octanol–water partition coefficient (Wildman–Crippen LogP) is 3.01. The summed E-state index contributed by atoms with van der Waals surface area (Å²) in [5, 5.41) is 2.38. The summed E-state index contributed by atoms with van der Waals surface area (Å²) in [6, 6.07) is 4.73. The molecule has 3 N–H and O–H groups in total. The molecule has 1 amide bonds. The van der Waals surface area contributed by atoms with E-state index in [4.69, 9.17) is 5.73 Å². The van der Waals surface area contributed by atoms with Crippen LogP contribution >= 0.6 is 27.7 Å². The summed E-state index contributed by atoms with van der Waals surface area (Å²) in [6.07, 6.45) is 0. The minimum atomic E-state index is -4.28. The maximum atomic E-state index is 11.8. The fourth-order valence-electron chi connectivity index (χ4n) is 1.15. The lowest BCUT2D eigenvalue weighted by Gasteiger charge is -2.09. The molecule has 0 aliphatic carbocycles. The zero-order chi connectivity index (χ0) is 13.8. The van der Waals surface area contributed by atoms with Gasteiger partial charge in [0.25, 0.3) is 5.91 Å².